The highest BCUT2D eigenvalue weighted by Gasteiger charge is 2.27. The maximum Gasteiger partial charge on any atom is 0.337 e. The fourth-order valence-electron chi connectivity index (χ4n) is 2.10. The van der Waals surface area contributed by atoms with Gasteiger partial charge in [-0.2, -0.15) is 0 Å². The number of rotatable bonds is 7. The van der Waals surface area contributed by atoms with Gasteiger partial charge in [0.2, 0.25) is 11.2 Å². The van der Waals surface area contributed by atoms with Crippen molar-refractivity contribution >= 4 is 11.9 Å². The summed E-state index contributed by atoms with van der Waals surface area (Å²) in [6.07, 6.45) is -0.169. The molecule has 2 aromatic rings. The van der Waals surface area contributed by atoms with E-state index in [1.807, 2.05) is 30.3 Å². The number of carbonyl (C=O) groups excluding carboxylic acids is 2. The van der Waals surface area contributed by atoms with Crippen molar-refractivity contribution in [2.24, 2.45) is 0 Å². The molecule has 26 heavy (non-hydrogen) atoms. The summed E-state index contributed by atoms with van der Waals surface area (Å²) in [5, 5.41) is 0. The van der Waals surface area contributed by atoms with E-state index in [9.17, 15) is 14.4 Å². The Balaban J connectivity index is 2.21. The van der Waals surface area contributed by atoms with Gasteiger partial charge in [-0.1, -0.05) is 36.9 Å². The third-order valence-electron chi connectivity index (χ3n) is 3.36. The highest BCUT2D eigenvalue weighted by atomic mass is 16.6. The Labute approximate surface area is 149 Å². The Morgan fingerprint density at radius 2 is 1.92 bits per heavy atom. The molecule has 0 aliphatic heterocycles. The van der Waals surface area contributed by atoms with E-state index in [2.05, 4.69) is 11.3 Å². The molecule has 0 saturated carbocycles. The predicted molar refractivity (Wildman–Crippen MR) is 91.4 cm³/mol. The smallest absolute Gasteiger partial charge is 0.337 e. The Hall–Kier alpha value is -3.35. The van der Waals surface area contributed by atoms with E-state index in [0.717, 1.165) is 31.9 Å². The molecule has 0 fully saturated rings. The average molecular weight is 358 g/mol. The van der Waals surface area contributed by atoms with Crippen LogP contribution < -0.4 is 10.2 Å². The lowest BCUT2D eigenvalue weighted by Gasteiger charge is -2.17. The van der Waals surface area contributed by atoms with Crippen LogP contribution in [0.4, 0.5) is 0 Å². The third-order valence-corrected chi connectivity index (χ3v) is 3.36. The molecule has 0 aliphatic rings. The van der Waals surface area contributed by atoms with Gasteiger partial charge in [-0.15, -0.1) is 0 Å². The van der Waals surface area contributed by atoms with Crippen LogP contribution in [0.25, 0.3) is 0 Å². The predicted octanol–water partition coefficient (Wildman–Crippen LogP) is 2.55. The molecule has 1 aromatic carbocycles. The molecule has 1 atom stereocenters. The summed E-state index contributed by atoms with van der Waals surface area (Å²) in [5.41, 5.74) is 0.216. The molecule has 2 rings (SSSR count). The molecule has 136 valence electrons. The molecule has 1 aromatic heterocycles. The van der Waals surface area contributed by atoms with Gasteiger partial charge in [0, 0.05) is 13.0 Å². The monoisotopic (exact) mass is 358 g/mol. The molecular formula is C19H18O7. The molecule has 0 radical (unpaired) electrons. The van der Waals surface area contributed by atoms with E-state index in [4.69, 9.17) is 13.9 Å². The van der Waals surface area contributed by atoms with Crippen molar-refractivity contribution in [3.63, 3.8) is 0 Å². The van der Waals surface area contributed by atoms with Gasteiger partial charge in [-0.05, 0) is 5.56 Å². The third kappa shape index (κ3) is 4.83. The summed E-state index contributed by atoms with van der Waals surface area (Å²) >= 11 is 0. The van der Waals surface area contributed by atoms with Gasteiger partial charge in [0.05, 0.1) is 12.7 Å². The van der Waals surface area contributed by atoms with E-state index >= 15 is 0 Å². The number of esters is 2. The molecule has 0 saturated heterocycles. The van der Waals surface area contributed by atoms with E-state index < -0.39 is 23.5 Å². The normalized spacial score (nSPS) is 11.3. The van der Waals surface area contributed by atoms with Crippen LogP contribution in [0.1, 0.15) is 24.4 Å². The number of hydrogen-bond acceptors (Lipinski definition) is 7. The van der Waals surface area contributed by atoms with Crippen LogP contribution in [0.15, 0.2) is 64.0 Å². The van der Waals surface area contributed by atoms with Crippen LogP contribution >= 0.6 is 0 Å². The zero-order chi connectivity index (χ0) is 19.1. The van der Waals surface area contributed by atoms with Crippen molar-refractivity contribution in [2.75, 3.05) is 7.11 Å². The van der Waals surface area contributed by atoms with Gasteiger partial charge in [0.15, 0.2) is 11.9 Å². The van der Waals surface area contributed by atoms with Crippen molar-refractivity contribution in [3.8, 4) is 5.75 Å². The lowest BCUT2D eigenvalue weighted by Crippen LogP contribution is -2.19. The van der Waals surface area contributed by atoms with Gasteiger partial charge in [0.25, 0.3) is 0 Å². The zero-order valence-corrected chi connectivity index (χ0v) is 14.4. The molecule has 0 N–H and O–H groups in total. The molecule has 7 nitrogen and oxygen atoms in total. The first-order chi connectivity index (χ1) is 12.4. The molecule has 0 bridgehead atoms. The number of ether oxygens (including phenoxy) is 3. The van der Waals surface area contributed by atoms with Gasteiger partial charge < -0.3 is 18.6 Å². The van der Waals surface area contributed by atoms with Crippen LogP contribution in [-0.4, -0.2) is 19.0 Å². The van der Waals surface area contributed by atoms with E-state index in [1.165, 1.54) is 0 Å². The lowest BCUT2D eigenvalue weighted by molar-refractivity contribution is -0.148. The summed E-state index contributed by atoms with van der Waals surface area (Å²) in [5.74, 6) is -1.54. The quantitative estimate of drug-likeness (QED) is 0.555. The lowest BCUT2D eigenvalue weighted by atomic mass is 10.1. The highest BCUT2D eigenvalue weighted by molar-refractivity contribution is 5.89. The maximum absolute atomic E-state index is 12.2. The summed E-state index contributed by atoms with van der Waals surface area (Å²) < 4.78 is 20.4. The Bertz CT molecular complexity index is 852. The average Bonchev–Trinajstić information content (AvgIpc) is 2.64. The summed E-state index contributed by atoms with van der Waals surface area (Å²) in [7, 11) is 1.16. The first-order valence-electron chi connectivity index (χ1n) is 7.66. The second-order valence-electron chi connectivity index (χ2n) is 5.29. The van der Waals surface area contributed by atoms with Crippen LogP contribution in [0, 0.1) is 0 Å². The largest absolute Gasteiger partial charge is 0.482 e. The standard InChI is InChI=1S/C19H18O7/c1-12(19(22)23-3)18(26-13(2)20)16-9-15(21)17(11-25-16)24-10-14-7-5-4-6-8-14/h4-9,11,18H,1,10H2,2-3H3. The molecule has 0 amide bonds. The van der Waals surface area contributed by atoms with Gasteiger partial charge in [-0.3, -0.25) is 9.59 Å². The summed E-state index contributed by atoms with van der Waals surface area (Å²) in [6, 6.07) is 10.4. The van der Waals surface area contributed by atoms with Crippen molar-refractivity contribution < 1.29 is 28.2 Å². The van der Waals surface area contributed by atoms with Crippen molar-refractivity contribution in [1.29, 1.82) is 0 Å². The number of methoxy groups -OCH3 is 1. The van der Waals surface area contributed by atoms with E-state index in [1.54, 1.807) is 0 Å². The number of hydrogen-bond donors (Lipinski definition) is 0. The Morgan fingerprint density at radius 1 is 1.23 bits per heavy atom. The topological polar surface area (TPSA) is 92.0 Å². The number of benzene rings is 1. The van der Waals surface area contributed by atoms with Gasteiger partial charge in [0.1, 0.15) is 12.9 Å². The van der Waals surface area contributed by atoms with Crippen LogP contribution in [0.2, 0.25) is 0 Å². The Kier molecular flexibility index (Phi) is 6.32. The first kappa shape index (κ1) is 19.0. The first-order valence-corrected chi connectivity index (χ1v) is 7.66. The fourth-order valence-corrected chi connectivity index (χ4v) is 2.10. The Morgan fingerprint density at radius 3 is 2.50 bits per heavy atom. The van der Waals surface area contributed by atoms with E-state index in [0.29, 0.717) is 0 Å². The molecular weight excluding hydrogens is 340 g/mol. The minimum atomic E-state index is -1.27. The van der Waals surface area contributed by atoms with Crippen LogP contribution in [0.3, 0.4) is 0 Å². The SMILES string of the molecule is C=C(C(=O)OC)C(OC(C)=O)c1cc(=O)c(OCc2ccccc2)co1. The molecule has 1 unspecified atom stereocenters. The minimum Gasteiger partial charge on any atom is -0.482 e. The second kappa shape index (κ2) is 8.66. The summed E-state index contributed by atoms with van der Waals surface area (Å²) in [6.45, 7) is 4.89. The number of carbonyl (C=O) groups is 2. The summed E-state index contributed by atoms with van der Waals surface area (Å²) in [4.78, 5) is 35.2. The van der Waals surface area contributed by atoms with E-state index in [-0.39, 0.29) is 23.7 Å². The van der Waals surface area contributed by atoms with Crippen molar-refractivity contribution in [1.82, 2.24) is 0 Å². The molecule has 1 heterocycles. The van der Waals surface area contributed by atoms with Crippen LogP contribution in [0.5, 0.6) is 5.75 Å². The zero-order valence-electron chi connectivity index (χ0n) is 14.4. The highest BCUT2D eigenvalue weighted by Crippen LogP contribution is 2.26. The van der Waals surface area contributed by atoms with Gasteiger partial charge >= 0.3 is 11.9 Å². The molecule has 7 heteroatoms. The second-order valence-corrected chi connectivity index (χ2v) is 5.29. The minimum absolute atomic E-state index is 0.0112. The van der Waals surface area contributed by atoms with Gasteiger partial charge in [-0.25, -0.2) is 4.79 Å². The maximum atomic E-state index is 12.2. The van der Waals surface area contributed by atoms with Crippen molar-refractivity contribution in [2.45, 2.75) is 19.6 Å². The molecule has 0 spiro atoms. The fraction of sp³-hybridized carbons (Fsp3) is 0.211. The molecule has 0 aliphatic carbocycles. The van der Waals surface area contributed by atoms with Crippen molar-refractivity contribution in [3.05, 3.63) is 76.4 Å². The van der Waals surface area contributed by atoms with Crippen LogP contribution in [-0.2, 0) is 25.7 Å².